The lowest BCUT2D eigenvalue weighted by Crippen LogP contribution is -2.40. The van der Waals surface area contributed by atoms with Crippen molar-refractivity contribution >= 4 is 11.6 Å². The van der Waals surface area contributed by atoms with Crippen LogP contribution in [-0.2, 0) is 4.79 Å². The largest absolute Gasteiger partial charge is 0.382 e. The smallest absolute Gasteiger partial charge is 0.227 e. The van der Waals surface area contributed by atoms with Crippen LogP contribution in [0.5, 0.6) is 0 Å². The predicted octanol–water partition coefficient (Wildman–Crippen LogP) is 3.53. The number of fused-ring (bicyclic) bond motifs is 1. The fourth-order valence-corrected chi connectivity index (χ4v) is 3.09. The van der Waals surface area contributed by atoms with E-state index in [2.05, 4.69) is 50.5 Å². The summed E-state index contributed by atoms with van der Waals surface area (Å²) in [6.45, 7) is 8.59. The van der Waals surface area contributed by atoms with Crippen molar-refractivity contribution in [2.75, 3.05) is 5.32 Å². The van der Waals surface area contributed by atoms with Crippen LogP contribution in [0.1, 0.15) is 52.0 Å². The van der Waals surface area contributed by atoms with E-state index in [0.29, 0.717) is 12.0 Å². The summed E-state index contributed by atoms with van der Waals surface area (Å²) in [5.74, 6) is 0.737. The molecule has 1 amide bonds. The van der Waals surface area contributed by atoms with E-state index in [4.69, 9.17) is 0 Å². The van der Waals surface area contributed by atoms with Gasteiger partial charge in [0.05, 0.1) is 5.92 Å². The van der Waals surface area contributed by atoms with Gasteiger partial charge < -0.3 is 10.6 Å². The number of hydrogen-bond acceptors (Lipinski definition) is 2. The Hall–Kier alpha value is -1.51. The van der Waals surface area contributed by atoms with Crippen LogP contribution in [-0.4, -0.2) is 18.0 Å². The molecule has 2 N–H and O–H groups in total. The second-order valence-electron chi connectivity index (χ2n) is 6.46. The van der Waals surface area contributed by atoms with Crippen LogP contribution < -0.4 is 10.6 Å². The number of anilines is 1. The van der Waals surface area contributed by atoms with Gasteiger partial charge >= 0.3 is 0 Å². The van der Waals surface area contributed by atoms with Crippen LogP contribution in [0.15, 0.2) is 24.3 Å². The highest BCUT2D eigenvalue weighted by atomic mass is 16.1. The van der Waals surface area contributed by atoms with E-state index < -0.39 is 0 Å². The van der Waals surface area contributed by atoms with Crippen molar-refractivity contribution in [3.63, 3.8) is 0 Å². The molecule has 0 aliphatic carbocycles. The number of carbonyl (C=O) groups excluding carboxylic acids is 1. The highest BCUT2D eigenvalue weighted by Crippen LogP contribution is 2.34. The summed E-state index contributed by atoms with van der Waals surface area (Å²) in [6.07, 6.45) is 1.88. The lowest BCUT2D eigenvalue weighted by atomic mass is 9.86. The summed E-state index contributed by atoms with van der Waals surface area (Å²) >= 11 is 0. The van der Waals surface area contributed by atoms with Crippen LogP contribution >= 0.6 is 0 Å². The first-order chi connectivity index (χ1) is 9.47. The molecule has 1 aromatic rings. The molecule has 0 saturated heterocycles. The molecule has 1 aromatic carbocycles. The first-order valence-corrected chi connectivity index (χ1v) is 7.63. The van der Waals surface area contributed by atoms with E-state index in [1.807, 2.05) is 12.1 Å². The number of nitrogens with one attached hydrogen (secondary N) is 2. The van der Waals surface area contributed by atoms with Crippen molar-refractivity contribution in [1.29, 1.82) is 0 Å². The molecule has 1 heterocycles. The topological polar surface area (TPSA) is 41.1 Å². The minimum absolute atomic E-state index is 0.0305. The molecule has 3 unspecified atom stereocenters. The maximum atomic E-state index is 12.6. The number of carbonyl (C=O) groups is 1. The van der Waals surface area contributed by atoms with Gasteiger partial charge in [-0.15, -0.1) is 0 Å². The zero-order valence-corrected chi connectivity index (χ0v) is 12.9. The van der Waals surface area contributed by atoms with Gasteiger partial charge in [-0.3, -0.25) is 4.79 Å². The quantitative estimate of drug-likeness (QED) is 0.882. The number of benzene rings is 1. The molecule has 2 rings (SSSR count). The zero-order chi connectivity index (χ0) is 14.7. The standard InChI is InChI=1S/C17H26N2O/c1-11(2)9-12(3)19-17(20)15-10-13(4)18-16-8-6-5-7-14(15)16/h5-8,11-13,15,18H,9-10H2,1-4H3,(H,19,20). The molecular formula is C17H26N2O. The Morgan fingerprint density at radius 2 is 2.05 bits per heavy atom. The van der Waals surface area contributed by atoms with Crippen molar-refractivity contribution < 1.29 is 4.79 Å². The highest BCUT2D eigenvalue weighted by Gasteiger charge is 2.29. The Morgan fingerprint density at radius 1 is 1.35 bits per heavy atom. The monoisotopic (exact) mass is 274 g/mol. The first kappa shape index (κ1) is 14.9. The fraction of sp³-hybridized carbons (Fsp3) is 0.588. The lowest BCUT2D eigenvalue weighted by Gasteiger charge is -2.31. The normalized spacial score (nSPS) is 22.9. The number of hydrogen-bond donors (Lipinski definition) is 2. The third kappa shape index (κ3) is 3.53. The van der Waals surface area contributed by atoms with Crippen molar-refractivity contribution in [3.8, 4) is 0 Å². The summed E-state index contributed by atoms with van der Waals surface area (Å²) < 4.78 is 0. The average molecular weight is 274 g/mol. The summed E-state index contributed by atoms with van der Waals surface area (Å²) in [4.78, 5) is 12.6. The third-order valence-corrected chi connectivity index (χ3v) is 3.86. The van der Waals surface area contributed by atoms with Gasteiger partial charge in [-0.25, -0.2) is 0 Å². The second kappa shape index (κ2) is 6.29. The maximum absolute atomic E-state index is 12.6. The molecule has 0 radical (unpaired) electrons. The van der Waals surface area contributed by atoms with E-state index >= 15 is 0 Å². The molecule has 0 bridgehead atoms. The molecule has 110 valence electrons. The highest BCUT2D eigenvalue weighted by molar-refractivity contribution is 5.86. The molecular weight excluding hydrogens is 248 g/mol. The molecule has 0 fully saturated rings. The first-order valence-electron chi connectivity index (χ1n) is 7.63. The molecule has 0 aromatic heterocycles. The Morgan fingerprint density at radius 3 is 2.75 bits per heavy atom. The van der Waals surface area contributed by atoms with Crippen molar-refractivity contribution in [2.45, 2.75) is 58.5 Å². The summed E-state index contributed by atoms with van der Waals surface area (Å²) in [7, 11) is 0. The van der Waals surface area contributed by atoms with Crippen molar-refractivity contribution in [1.82, 2.24) is 5.32 Å². The number of para-hydroxylation sites is 1. The van der Waals surface area contributed by atoms with E-state index in [1.165, 1.54) is 0 Å². The van der Waals surface area contributed by atoms with Gasteiger partial charge in [-0.2, -0.15) is 0 Å². The molecule has 3 heteroatoms. The second-order valence-corrected chi connectivity index (χ2v) is 6.46. The van der Waals surface area contributed by atoms with Gasteiger partial charge in [0.1, 0.15) is 0 Å². The fourth-order valence-electron chi connectivity index (χ4n) is 3.09. The summed E-state index contributed by atoms with van der Waals surface area (Å²) in [5.41, 5.74) is 2.22. The van der Waals surface area contributed by atoms with Gasteiger partial charge in [-0.05, 0) is 44.2 Å². The Balaban J connectivity index is 2.10. The number of amides is 1. The third-order valence-electron chi connectivity index (χ3n) is 3.86. The van der Waals surface area contributed by atoms with Gasteiger partial charge in [0, 0.05) is 17.8 Å². The van der Waals surface area contributed by atoms with Crippen LogP contribution in [0.4, 0.5) is 5.69 Å². The molecule has 0 spiro atoms. The van der Waals surface area contributed by atoms with E-state index in [-0.39, 0.29) is 17.9 Å². The van der Waals surface area contributed by atoms with Crippen LogP contribution in [0.25, 0.3) is 0 Å². The Labute approximate surface area is 122 Å². The van der Waals surface area contributed by atoms with E-state index in [0.717, 1.165) is 24.1 Å². The molecule has 20 heavy (non-hydrogen) atoms. The zero-order valence-electron chi connectivity index (χ0n) is 12.9. The SMILES string of the molecule is CC(C)CC(C)NC(=O)C1CC(C)Nc2ccccc21. The van der Waals surface area contributed by atoms with Crippen molar-refractivity contribution in [2.24, 2.45) is 5.92 Å². The lowest BCUT2D eigenvalue weighted by molar-refractivity contribution is -0.123. The molecule has 1 aliphatic heterocycles. The Bertz CT molecular complexity index is 470. The van der Waals surface area contributed by atoms with Crippen LogP contribution in [0, 0.1) is 5.92 Å². The van der Waals surface area contributed by atoms with Crippen LogP contribution in [0.2, 0.25) is 0 Å². The maximum Gasteiger partial charge on any atom is 0.227 e. The van der Waals surface area contributed by atoms with Crippen LogP contribution in [0.3, 0.4) is 0 Å². The minimum Gasteiger partial charge on any atom is -0.382 e. The van der Waals surface area contributed by atoms with Gasteiger partial charge in [0.15, 0.2) is 0 Å². The molecule has 3 atom stereocenters. The minimum atomic E-state index is -0.0305. The van der Waals surface area contributed by atoms with Gasteiger partial charge in [0.2, 0.25) is 5.91 Å². The Kier molecular flexibility index (Phi) is 4.69. The molecule has 0 saturated carbocycles. The summed E-state index contributed by atoms with van der Waals surface area (Å²) in [6, 6.07) is 8.71. The summed E-state index contributed by atoms with van der Waals surface area (Å²) in [5, 5.41) is 6.63. The molecule has 1 aliphatic rings. The number of rotatable bonds is 4. The van der Waals surface area contributed by atoms with E-state index in [1.54, 1.807) is 0 Å². The molecule has 3 nitrogen and oxygen atoms in total. The van der Waals surface area contributed by atoms with Gasteiger partial charge in [0.25, 0.3) is 0 Å². The average Bonchev–Trinajstić information content (AvgIpc) is 2.36. The van der Waals surface area contributed by atoms with Crippen molar-refractivity contribution in [3.05, 3.63) is 29.8 Å². The van der Waals surface area contributed by atoms with Gasteiger partial charge in [-0.1, -0.05) is 32.0 Å². The predicted molar refractivity (Wildman–Crippen MR) is 83.9 cm³/mol. The van der Waals surface area contributed by atoms with E-state index in [9.17, 15) is 4.79 Å².